The van der Waals surface area contributed by atoms with E-state index in [0.717, 1.165) is 33.8 Å². The van der Waals surface area contributed by atoms with Crippen molar-refractivity contribution in [3.8, 4) is 34.2 Å². The first-order chi connectivity index (χ1) is 22.4. The van der Waals surface area contributed by atoms with Crippen LogP contribution >= 0.6 is 11.3 Å². The number of thiazole rings is 1. The van der Waals surface area contributed by atoms with Gasteiger partial charge in [0.05, 0.1) is 23.9 Å². The molecule has 0 fully saturated rings. The van der Waals surface area contributed by atoms with E-state index in [1.165, 1.54) is 15.9 Å². The van der Waals surface area contributed by atoms with E-state index in [4.69, 9.17) is 19.3 Å². The van der Waals surface area contributed by atoms with Crippen LogP contribution in [0.4, 0.5) is 0 Å². The fourth-order valence-electron chi connectivity index (χ4n) is 4.69. The van der Waals surface area contributed by atoms with Gasteiger partial charge in [0.25, 0.3) is 5.56 Å². The zero-order valence-electron chi connectivity index (χ0n) is 25.8. The van der Waals surface area contributed by atoms with Crippen LogP contribution in [0.25, 0.3) is 40.1 Å². The quantitative estimate of drug-likeness (QED) is 0.146. The molecule has 232 valence electrons. The molecule has 0 aliphatic heterocycles. The predicted octanol–water partition coefficient (Wildman–Crippen LogP) is 6.33. The number of hydrogen-bond donors (Lipinski definition) is 0. The van der Waals surface area contributed by atoms with Crippen molar-refractivity contribution in [2.45, 2.75) is 13.8 Å². The highest BCUT2D eigenvalue weighted by Gasteiger charge is 2.14. The van der Waals surface area contributed by atoms with Crippen molar-refractivity contribution in [3.05, 3.63) is 123 Å². The highest BCUT2D eigenvalue weighted by atomic mass is 32.1. The lowest BCUT2D eigenvalue weighted by atomic mass is 10.1. The van der Waals surface area contributed by atoms with E-state index in [0.29, 0.717) is 45.9 Å². The summed E-state index contributed by atoms with van der Waals surface area (Å²) in [7, 11) is 1.59. The highest BCUT2D eigenvalue weighted by molar-refractivity contribution is 7.15. The average Bonchev–Trinajstić information content (AvgIpc) is 3.77. The Labute approximate surface area is 270 Å². The zero-order chi connectivity index (χ0) is 32.0. The standard InChI is InChI=1S/C36H33N5O4S/c1-5-19-44-30-17-11-25(20-31(30)43-4)12-18-33-37-36-41(38-33)35(42)32(46-36)21-27-22-40(28-9-7-6-8-10-28)39-34(27)26-13-15-29(16-14-26)45-23-24(2)3/h5-18,20-22,24H,1,19,23H2,2-4H3/b18-12+,32-21-. The lowest BCUT2D eigenvalue weighted by Crippen LogP contribution is -2.23. The number of benzene rings is 3. The maximum Gasteiger partial charge on any atom is 0.291 e. The SMILES string of the molecule is C=CCOc1ccc(/C=C/c2nc3s/c(=C\c4cn(-c5ccccc5)nc4-c4ccc(OCC(C)C)cc4)c(=O)n3n2)cc1OC. The molecule has 9 nitrogen and oxygen atoms in total. The van der Waals surface area contributed by atoms with Crippen LogP contribution in [-0.2, 0) is 0 Å². The van der Waals surface area contributed by atoms with Gasteiger partial charge in [0.15, 0.2) is 17.3 Å². The van der Waals surface area contributed by atoms with Gasteiger partial charge in [-0.25, -0.2) is 4.68 Å². The van der Waals surface area contributed by atoms with Crippen LogP contribution in [0.1, 0.15) is 30.8 Å². The molecule has 6 rings (SSSR count). The van der Waals surface area contributed by atoms with Crippen LogP contribution in [0.5, 0.6) is 17.2 Å². The molecule has 3 aromatic heterocycles. The van der Waals surface area contributed by atoms with Crippen molar-refractivity contribution in [3.63, 3.8) is 0 Å². The van der Waals surface area contributed by atoms with E-state index in [1.807, 2.05) is 95.8 Å². The summed E-state index contributed by atoms with van der Waals surface area (Å²) in [6.07, 6.45) is 9.08. The molecule has 0 saturated heterocycles. The Morgan fingerprint density at radius 3 is 2.48 bits per heavy atom. The Hall–Kier alpha value is -5.48. The highest BCUT2D eigenvalue weighted by Crippen LogP contribution is 2.29. The number of ether oxygens (including phenoxy) is 3. The number of nitrogens with zero attached hydrogens (tertiary/aromatic N) is 5. The van der Waals surface area contributed by atoms with Crippen LogP contribution in [0.15, 0.2) is 96.4 Å². The average molecular weight is 632 g/mol. The summed E-state index contributed by atoms with van der Waals surface area (Å²) in [6, 6.07) is 23.3. The third kappa shape index (κ3) is 6.77. The van der Waals surface area contributed by atoms with Gasteiger partial charge in [-0.3, -0.25) is 4.79 Å². The summed E-state index contributed by atoms with van der Waals surface area (Å²) < 4.78 is 20.6. The van der Waals surface area contributed by atoms with Crippen molar-refractivity contribution in [2.75, 3.05) is 20.3 Å². The minimum atomic E-state index is -0.242. The van der Waals surface area contributed by atoms with Crippen molar-refractivity contribution in [2.24, 2.45) is 5.92 Å². The number of fused-ring (bicyclic) bond motifs is 1. The third-order valence-corrected chi connectivity index (χ3v) is 7.89. The molecular formula is C36H33N5O4S. The molecule has 0 aliphatic rings. The first kappa shape index (κ1) is 30.5. The minimum Gasteiger partial charge on any atom is -0.493 e. The molecule has 6 aromatic rings. The molecule has 0 saturated carbocycles. The Kier molecular flexibility index (Phi) is 9.07. The van der Waals surface area contributed by atoms with Gasteiger partial charge in [0.1, 0.15) is 18.1 Å². The third-order valence-electron chi connectivity index (χ3n) is 6.93. The smallest absolute Gasteiger partial charge is 0.291 e. The van der Waals surface area contributed by atoms with Gasteiger partial charge in [-0.1, -0.05) is 68.2 Å². The Balaban J connectivity index is 1.31. The van der Waals surface area contributed by atoms with Crippen LogP contribution in [0.2, 0.25) is 0 Å². The van der Waals surface area contributed by atoms with Gasteiger partial charge in [-0.15, -0.1) is 5.10 Å². The summed E-state index contributed by atoms with van der Waals surface area (Å²) in [6.45, 7) is 8.94. The lowest BCUT2D eigenvalue weighted by Gasteiger charge is -2.09. The molecule has 10 heteroatoms. The second-order valence-electron chi connectivity index (χ2n) is 10.9. The second-order valence-corrected chi connectivity index (χ2v) is 11.9. The van der Waals surface area contributed by atoms with Gasteiger partial charge in [0.2, 0.25) is 4.96 Å². The number of para-hydroxylation sites is 1. The summed E-state index contributed by atoms with van der Waals surface area (Å²) in [5.41, 5.74) is 4.01. The molecule has 0 unspecified atom stereocenters. The van der Waals surface area contributed by atoms with Crippen molar-refractivity contribution >= 4 is 34.5 Å². The van der Waals surface area contributed by atoms with Gasteiger partial charge >= 0.3 is 0 Å². The van der Waals surface area contributed by atoms with Gasteiger partial charge in [0, 0.05) is 17.3 Å². The largest absolute Gasteiger partial charge is 0.493 e. The van der Waals surface area contributed by atoms with Crippen LogP contribution < -0.4 is 24.3 Å². The van der Waals surface area contributed by atoms with E-state index in [1.54, 1.807) is 19.3 Å². The van der Waals surface area contributed by atoms with E-state index in [-0.39, 0.29) is 5.56 Å². The van der Waals surface area contributed by atoms with E-state index in [2.05, 4.69) is 30.5 Å². The summed E-state index contributed by atoms with van der Waals surface area (Å²) in [5.74, 6) is 2.90. The predicted molar refractivity (Wildman–Crippen MR) is 183 cm³/mol. The van der Waals surface area contributed by atoms with Crippen LogP contribution in [0, 0.1) is 5.92 Å². The molecule has 0 bridgehead atoms. The summed E-state index contributed by atoms with van der Waals surface area (Å²) in [4.78, 5) is 18.5. The Morgan fingerprint density at radius 2 is 1.76 bits per heavy atom. The Bertz CT molecular complexity index is 2110. The minimum absolute atomic E-state index is 0.242. The molecule has 3 heterocycles. The molecule has 0 spiro atoms. The Morgan fingerprint density at radius 1 is 0.957 bits per heavy atom. The fraction of sp³-hybridized carbons (Fsp3) is 0.167. The second kappa shape index (κ2) is 13.7. The first-order valence-corrected chi connectivity index (χ1v) is 15.6. The van der Waals surface area contributed by atoms with Gasteiger partial charge in [-0.2, -0.15) is 14.6 Å². The topological polar surface area (TPSA) is 92.8 Å². The van der Waals surface area contributed by atoms with E-state index in [9.17, 15) is 4.79 Å². The monoisotopic (exact) mass is 631 g/mol. The fourth-order valence-corrected chi connectivity index (χ4v) is 5.60. The van der Waals surface area contributed by atoms with E-state index >= 15 is 0 Å². The van der Waals surface area contributed by atoms with Crippen LogP contribution in [-0.4, -0.2) is 44.7 Å². The first-order valence-electron chi connectivity index (χ1n) is 14.8. The zero-order valence-corrected chi connectivity index (χ0v) is 26.6. The maximum absolute atomic E-state index is 13.5. The van der Waals surface area contributed by atoms with Gasteiger partial charge < -0.3 is 14.2 Å². The van der Waals surface area contributed by atoms with Gasteiger partial charge in [-0.05, 0) is 72.2 Å². The van der Waals surface area contributed by atoms with Crippen LogP contribution in [0.3, 0.4) is 0 Å². The van der Waals surface area contributed by atoms with E-state index < -0.39 is 0 Å². The number of aromatic nitrogens is 5. The molecule has 3 aromatic carbocycles. The van der Waals surface area contributed by atoms with Crippen molar-refractivity contribution in [1.82, 2.24) is 24.4 Å². The maximum atomic E-state index is 13.5. The summed E-state index contributed by atoms with van der Waals surface area (Å²) in [5, 5.41) is 9.36. The molecular weight excluding hydrogens is 598 g/mol. The molecule has 46 heavy (non-hydrogen) atoms. The molecule has 0 N–H and O–H groups in total. The summed E-state index contributed by atoms with van der Waals surface area (Å²) >= 11 is 1.28. The van der Waals surface area contributed by atoms with Crippen molar-refractivity contribution < 1.29 is 14.2 Å². The normalized spacial score (nSPS) is 12.0. The molecule has 0 atom stereocenters. The molecule has 0 aliphatic carbocycles. The number of hydrogen-bond acceptors (Lipinski definition) is 8. The molecule has 0 amide bonds. The van der Waals surface area contributed by atoms with Crippen molar-refractivity contribution in [1.29, 1.82) is 0 Å². The lowest BCUT2D eigenvalue weighted by molar-refractivity contribution is 0.271. The number of rotatable bonds is 12. The molecule has 0 radical (unpaired) electrons. The number of methoxy groups -OCH3 is 1.